The molecule has 0 amide bonds. The van der Waals surface area contributed by atoms with Crippen molar-refractivity contribution in [2.45, 2.75) is 109 Å². The smallest absolute Gasteiger partial charge is 0.167 e. The average molecular weight is 517 g/mol. The van der Waals surface area contributed by atoms with E-state index in [9.17, 15) is 0 Å². The fraction of sp³-hybridized carbons (Fsp3) is 0.625. The van der Waals surface area contributed by atoms with Gasteiger partial charge in [-0.05, 0) is 91.9 Å². The summed E-state index contributed by atoms with van der Waals surface area (Å²) in [6, 6.07) is 3.37. The van der Waals surface area contributed by atoms with Crippen LogP contribution in [-0.2, 0) is 11.2 Å². The van der Waals surface area contributed by atoms with Gasteiger partial charge in [0.25, 0.3) is 0 Å². The monoisotopic (exact) mass is 516 g/mol. The van der Waals surface area contributed by atoms with Crippen molar-refractivity contribution >= 4 is 0 Å². The van der Waals surface area contributed by atoms with E-state index in [1.807, 2.05) is 0 Å². The Balaban J connectivity index is 1.37. The molecule has 1 aliphatic heterocycles. The molecule has 0 bridgehead atoms. The molecule has 5 rings (SSSR count). The zero-order valence-corrected chi connectivity index (χ0v) is 22.3. The van der Waals surface area contributed by atoms with Gasteiger partial charge in [-0.1, -0.05) is 52.0 Å². The fourth-order valence-electron chi connectivity index (χ4n) is 7.09. The Hall–Kier alpha value is -1.88. The lowest BCUT2D eigenvalue weighted by Gasteiger charge is -2.30. The maximum absolute atomic E-state index is 15.5. The molecule has 37 heavy (non-hydrogen) atoms. The van der Waals surface area contributed by atoms with Crippen LogP contribution in [0.25, 0.3) is 11.1 Å². The first-order chi connectivity index (χ1) is 17.9. The van der Waals surface area contributed by atoms with Crippen molar-refractivity contribution < 1.29 is 22.3 Å². The quantitative estimate of drug-likeness (QED) is 0.214. The Morgan fingerprint density at radius 1 is 0.676 bits per heavy atom. The third-order valence-corrected chi connectivity index (χ3v) is 9.18. The minimum atomic E-state index is -1.08. The van der Waals surface area contributed by atoms with Crippen LogP contribution in [0.3, 0.4) is 0 Å². The minimum absolute atomic E-state index is 0.0187. The normalized spacial score (nSPS) is 25.2. The molecule has 1 saturated heterocycles. The highest BCUT2D eigenvalue weighted by Gasteiger charge is 2.36. The molecular weight excluding hydrogens is 476 g/mol. The maximum Gasteiger partial charge on any atom is 0.167 e. The number of ether oxygens (including phenoxy) is 1. The highest BCUT2D eigenvalue weighted by Crippen LogP contribution is 2.47. The largest absolute Gasteiger partial charge is 0.373 e. The van der Waals surface area contributed by atoms with Crippen LogP contribution >= 0.6 is 0 Å². The molecule has 2 aromatic carbocycles. The van der Waals surface area contributed by atoms with Crippen LogP contribution in [0.4, 0.5) is 17.6 Å². The van der Waals surface area contributed by atoms with Crippen LogP contribution in [0, 0.1) is 35.1 Å². The first kappa shape index (κ1) is 26.7. The third-order valence-electron chi connectivity index (χ3n) is 9.18. The van der Waals surface area contributed by atoms with Crippen LogP contribution in [-0.4, -0.2) is 6.61 Å². The molecule has 1 saturated carbocycles. The molecule has 2 unspecified atom stereocenters. The Bertz CT molecular complexity index is 1110. The number of hydrogen-bond acceptors (Lipinski definition) is 1. The van der Waals surface area contributed by atoms with Crippen molar-refractivity contribution in [3.05, 3.63) is 57.7 Å². The molecule has 1 heterocycles. The molecule has 3 aliphatic rings. The standard InChI is InChI=1S/C32H40F4O/c1-3-5-6-8-19-9-12-21(13-10-19)24-16-22-15-23-17-25(26-14-11-20(7-4-2)18-37-26)30(34)32(36)28(23)27(22)31(35)29(24)33/h16-17,19-21,26H,3-15,18H2,1-2H3. The topological polar surface area (TPSA) is 9.23 Å². The van der Waals surface area contributed by atoms with Crippen LogP contribution < -0.4 is 0 Å². The van der Waals surface area contributed by atoms with Gasteiger partial charge in [0.05, 0.1) is 12.7 Å². The zero-order chi connectivity index (χ0) is 26.1. The van der Waals surface area contributed by atoms with Crippen molar-refractivity contribution in [3.8, 4) is 11.1 Å². The van der Waals surface area contributed by atoms with E-state index in [-0.39, 0.29) is 29.0 Å². The Kier molecular flexibility index (Phi) is 8.28. The molecule has 2 aromatic rings. The van der Waals surface area contributed by atoms with Crippen molar-refractivity contribution in [1.29, 1.82) is 0 Å². The summed E-state index contributed by atoms with van der Waals surface area (Å²) < 4.78 is 67.5. The second-order valence-electron chi connectivity index (χ2n) is 11.7. The third kappa shape index (κ3) is 5.22. The highest BCUT2D eigenvalue weighted by molar-refractivity contribution is 5.79. The van der Waals surface area contributed by atoms with Crippen LogP contribution in [0.1, 0.15) is 125 Å². The fourth-order valence-corrected chi connectivity index (χ4v) is 7.09. The summed E-state index contributed by atoms with van der Waals surface area (Å²) >= 11 is 0. The lowest BCUT2D eigenvalue weighted by atomic mass is 9.76. The Labute approximate surface area is 219 Å². The molecule has 2 atom stereocenters. The van der Waals surface area contributed by atoms with Gasteiger partial charge in [-0.15, -0.1) is 0 Å². The van der Waals surface area contributed by atoms with Crippen LogP contribution in [0.5, 0.6) is 0 Å². The zero-order valence-electron chi connectivity index (χ0n) is 22.3. The molecule has 0 spiro atoms. The van der Waals surface area contributed by atoms with Gasteiger partial charge in [0.15, 0.2) is 23.3 Å². The van der Waals surface area contributed by atoms with Gasteiger partial charge in [-0.3, -0.25) is 0 Å². The van der Waals surface area contributed by atoms with Gasteiger partial charge in [-0.2, -0.15) is 0 Å². The molecule has 2 aliphatic carbocycles. The van der Waals surface area contributed by atoms with Gasteiger partial charge in [0.2, 0.25) is 0 Å². The molecule has 0 N–H and O–H groups in total. The molecule has 1 nitrogen and oxygen atoms in total. The van der Waals surface area contributed by atoms with E-state index in [4.69, 9.17) is 4.74 Å². The maximum atomic E-state index is 15.5. The van der Waals surface area contributed by atoms with Crippen molar-refractivity contribution in [2.24, 2.45) is 11.8 Å². The van der Waals surface area contributed by atoms with E-state index in [0.29, 0.717) is 41.6 Å². The molecule has 5 heteroatoms. The van der Waals surface area contributed by atoms with E-state index in [1.54, 1.807) is 12.1 Å². The van der Waals surface area contributed by atoms with Gasteiger partial charge < -0.3 is 4.74 Å². The van der Waals surface area contributed by atoms with Gasteiger partial charge >= 0.3 is 0 Å². The average Bonchev–Trinajstić information content (AvgIpc) is 3.28. The Morgan fingerprint density at radius 2 is 1.30 bits per heavy atom. The summed E-state index contributed by atoms with van der Waals surface area (Å²) in [4.78, 5) is 0. The predicted molar refractivity (Wildman–Crippen MR) is 140 cm³/mol. The van der Waals surface area contributed by atoms with Gasteiger partial charge in [0.1, 0.15) is 0 Å². The minimum Gasteiger partial charge on any atom is -0.373 e. The summed E-state index contributed by atoms with van der Waals surface area (Å²) in [5, 5.41) is 0. The summed E-state index contributed by atoms with van der Waals surface area (Å²) in [6.07, 6.45) is 12.2. The van der Waals surface area contributed by atoms with E-state index in [1.165, 1.54) is 25.7 Å². The first-order valence-corrected chi connectivity index (χ1v) is 14.6. The second-order valence-corrected chi connectivity index (χ2v) is 11.7. The first-order valence-electron chi connectivity index (χ1n) is 14.6. The van der Waals surface area contributed by atoms with Gasteiger partial charge in [-0.25, -0.2) is 17.6 Å². The lowest BCUT2D eigenvalue weighted by Crippen LogP contribution is -2.21. The van der Waals surface area contributed by atoms with Crippen molar-refractivity contribution in [2.75, 3.05) is 6.61 Å². The lowest BCUT2D eigenvalue weighted by molar-refractivity contribution is -0.0214. The molecule has 2 fully saturated rings. The van der Waals surface area contributed by atoms with Crippen LogP contribution in [0.2, 0.25) is 0 Å². The summed E-state index contributed by atoms with van der Waals surface area (Å²) in [5.41, 5.74) is 1.50. The van der Waals surface area contributed by atoms with Crippen molar-refractivity contribution in [3.63, 3.8) is 0 Å². The highest BCUT2D eigenvalue weighted by atomic mass is 19.2. The van der Waals surface area contributed by atoms with Crippen molar-refractivity contribution in [1.82, 2.24) is 0 Å². The molecule has 0 radical (unpaired) electrons. The van der Waals surface area contributed by atoms with E-state index >= 15 is 17.6 Å². The van der Waals surface area contributed by atoms with E-state index in [0.717, 1.165) is 44.9 Å². The SMILES string of the molecule is CCCCCC1CCC(c2cc3c(c(F)c2F)-c2c(cc(C4CCC(CCC)CO4)c(F)c2F)C3)CC1. The van der Waals surface area contributed by atoms with Crippen LogP contribution in [0.15, 0.2) is 12.1 Å². The number of hydrogen-bond donors (Lipinski definition) is 0. The number of benzene rings is 2. The second kappa shape index (κ2) is 11.5. The summed E-state index contributed by atoms with van der Waals surface area (Å²) in [5.74, 6) is -2.88. The number of unbranched alkanes of at least 4 members (excludes halogenated alkanes) is 2. The number of rotatable bonds is 8. The number of fused-ring (bicyclic) bond motifs is 3. The summed E-state index contributed by atoms with van der Waals surface area (Å²) in [7, 11) is 0. The molecule has 202 valence electrons. The number of halogens is 4. The Morgan fingerprint density at radius 3 is 1.89 bits per heavy atom. The van der Waals surface area contributed by atoms with Gasteiger partial charge in [0, 0.05) is 16.7 Å². The summed E-state index contributed by atoms with van der Waals surface area (Å²) in [6.45, 7) is 4.88. The van der Waals surface area contributed by atoms with E-state index in [2.05, 4.69) is 13.8 Å². The van der Waals surface area contributed by atoms with E-state index < -0.39 is 29.4 Å². The molecule has 0 aromatic heterocycles. The predicted octanol–water partition coefficient (Wildman–Crippen LogP) is 9.94. The molecular formula is C32H40F4O.